The maximum Gasteiger partial charge on any atom is 0.335 e. The van der Waals surface area contributed by atoms with Gasteiger partial charge in [0, 0.05) is 11.1 Å². The van der Waals surface area contributed by atoms with Crippen LogP contribution in [0.2, 0.25) is 0 Å². The molecule has 0 fully saturated rings. The number of urea groups is 1. The minimum Gasteiger partial charge on any atom is -0.478 e. The van der Waals surface area contributed by atoms with Gasteiger partial charge >= 0.3 is 12.0 Å². The molecule has 104 valence electrons. The van der Waals surface area contributed by atoms with Crippen LogP contribution >= 0.6 is 11.3 Å². The second-order valence-corrected chi connectivity index (χ2v) is 5.07. The summed E-state index contributed by atoms with van der Waals surface area (Å²) in [4.78, 5) is 26.8. The molecule has 0 saturated carbocycles. The number of hydrogen-bond donors (Lipinski definition) is 3. The van der Waals surface area contributed by atoms with Crippen LogP contribution in [0.1, 0.15) is 21.6 Å². The predicted molar refractivity (Wildman–Crippen MR) is 77.6 cm³/mol. The Bertz CT molecular complexity index is 667. The molecule has 1 aromatic carbocycles. The molecule has 6 nitrogen and oxygen atoms in total. The number of carbonyl (C=O) groups excluding carboxylic acids is 1. The van der Waals surface area contributed by atoms with Crippen molar-refractivity contribution in [1.29, 1.82) is 0 Å². The lowest BCUT2D eigenvalue weighted by molar-refractivity contribution is 0.0697. The van der Waals surface area contributed by atoms with E-state index >= 15 is 0 Å². The van der Waals surface area contributed by atoms with Gasteiger partial charge in [0.2, 0.25) is 0 Å². The Hall–Kier alpha value is -2.41. The molecule has 2 amide bonds. The number of thiazole rings is 1. The number of hydrogen-bond acceptors (Lipinski definition) is 4. The fourth-order valence-electron chi connectivity index (χ4n) is 1.55. The number of aryl methyl sites for hydroxylation is 2. The molecule has 1 aromatic heterocycles. The predicted octanol–water partition coefficient (Wildman–Crippen LogP) is 3.10. The topological polar surface area (TPSA) is 91.3 Å². The molecule has 0 radical (unpaired) electrons. The lowest BCUT2D eigenvalue weighted by Crippen LogP contribution is -2.20. The van der Waals surface area contributed by atoms with Gasteiger partial charge in [0.25, 0.3) is 0 Å². The smallest absolute Gasteiger partial charge is 0.335 e. The first-order valence-corrected chi connectivity index (χ1v) is 6.68. The van der Waals surface area contributed by atoms with Crippen LogP contribution in [0.4, 0.5) is 15.6 Å². The molecule has 20 heavy (non-hydrogen) atoms. The highest BCUT2D eigenvalue weighted by Gasteiger charge is 2.10. The number of anilines is 2. The lowest BCUT2D eigenvalue weighted by atomic mass is 10.1. The second kappa shape index (κ2) is 5.70. The number of aromatic nitrogens is 1. The van der Waals surface area contributed by atoms with E-state index in [1.807, 2.05) is 12.3 Å². The Balaban J connectivity index is 2.11. The van der Waals surface area contributed by atoms with E-state index in [2.05, 4.69) is 15.6 Å². The van der Waals surface area contributed by atoms with E-state index in [-0.39, 0.29) is 5.56 Å². The maximum absolute atomic E-state index is 11.8. The number of rotatable bonds is 3. The number of carboxylic acid groups (broad SMARTS) is 1. The third-order valence-electron chi connectivity index (χ3n) is 2.57. The number of nitrogens with one attached hydrogen (secondary N) is 2. The second-order valence-electron chi connectivity index (χ2n) is 4.21. The molecule has 0 unspecified atom stereocenters. The SMILES string of the molecule is Cc1csc(NC(=O)Nc2cc(C(=O)O)ccc2C)n1. The van der Waals surface area contributed by atoms with Crippen LogP contribution in [0.25, 0.3) is 0 Å². The van der Waals surface area contributed by atoms with E-state index in [0.29, 0.717) is 10.8 Å². The Morgan fingerprint density at radius 2 is 2.00 bits per heavy atom. The molecule has 2 rings (SSSR count). The molecular weight excluding hydrogens is 278 g/mol. The third kappa shape index (κ3) is 3.33. The van der Waals surface area contributed by atoms with Crippen LogP contribution in [0.15, 0.2) is 23.6 Å². The van der Waals surface area contributed by atoms with Gasteiger partial charge in [-0.3, -0.25) is 5.32 Å². The summed E-state index contributed by atoms with van der Waals surface area (Å²) in [6, 6.07) is 4.10. The molecule has 0 aliphatic rings. The minimum atomic E-state index is -1.04. The quantitative estimate of drug-likeness (QED) is 0.810. The van der Waals surface area contributed by atoms with Crippen molar-refractivity contribution in [3.8, 4) is 0 Å². The summed E-state index contributed by atoms with van der Waals surface area (Å²) < 4.78 is 0. The molecule has 3 N–H and O–H groups in total. The average molecular weight is 291 g/mol. The van der Waals surface area contributed by atoms with E-state index in [0.717, 1.165) is 11.3 Å². The van der Waals surface area contributed by atoms with Gasteiger partial charge in [-0.2, -0.15) is 0 Å². The van der Waals surface area contributed by atoms with Crippen molar-refractivity contribution in [1.82, 2.24) is 4.98 Å². The van der Waals surface area contributed by atoms with Gasteiger partial charge in [-0.05, 0) is 31.5 Å². The zero-order valence-corrected chi connectivity index (χ0v) is 11.7. The first-order valence-electron chi connectivity index (χ1n) is 5.80. The van der Waals surface area contributed by atoms with Crippen molar-refractivity contribution in [2.45, 2.75) is 13.8 Å². The molecule has 0 spiro atoms. The van der Waals surface area contributed by atoms with Crippen molar-refractivity contribution in [2.75, 3.05) is 10.6 Å². The molecule has 0 aliphatic carbocycles. The highest BCUT2D eigenvalue weighted by atomic mass is 32.1. The van der Waals surface area contributed by atoms with E-state index < -0.39 is 12.0 Å². The zero-order valence-electron chi connectivity index (χ0n) is 10.9. The summed E-state index contributed by atoms with van der Waals surface area (Å²) in [6.45, 7) is 3.62. The van der Waals surface area contributed by atoms with Gasteiger partial charge in [0.1, 0.15) is 0 Å². The van der Waals surface area contributed by atoms with Gasteiger partial charge in [-0.1, -0.05) is 6.07 Å². The molecule has 0 aliphatic heterocycles. The average Bonchev–Trinajstić information content (AvgIpc) is 2.77. The summed E-state index contributed by atoms with van der Waals surface area (Å²) in [5.41, 5.74) is 2.18. The summed E-state index contributed by atoms with van der Waals surface area (Å²) in [7, 11) is 0. The van der Waals surface area contributed by atoms with Crippen LogP contribution in [0, 0.1) is 13.8 Å². The number of carbonyl (C=O) groups is 2. The normalized spacial score (nSPS) is 10.1. The molecule has 0 bridgehead atoms. The zero-order chi connectivity index (χ0) is 14.7. The Morgan fingerprint density at radius 1 is 1.25 bits per heavy atom. The van der Waals surface area contributed by atoms with Crippen LogP contribution in [0.3, 0.4) is 0 Å². The molecular formula is C13H13N3O3S. The fraction of sp³-hybridized carbons (Fsp3) is 0.154. The molecule has 7 heteroatoms. The van der Waals surface area contributed by atoms with E-state index in [9.17, 15) is 9.59 Å². The summed E-state index contributed by atoms with van der Waals surface area (Å²) in [5, 5.41) is 16.5. The highest BCUT2D eigenvalue weighted by molar-refractivity contribution is 7.13. The monoisotopic (exact) mass is 291 g/mol. The van der Waals surface area contributed by atoms with Gasteiger partial charge in [-0.25, -0.2) is 14.6 Å². The maximum atomic E-state index is 11.8. The molecule has 0 atom stereocenters. The Morgan fingerprint density at radius 3 is 2.60 bits per heavy atom. The van der Waals surface area contributed by atoms with E-state index in [4.69, 9.17) is 5.11 Å². The first kappa shape index (κ1) is 14.0. The van der Waals surface area contributed by atoms with Gasteiger partial charge in [0.15, 0.2) is 5.13 Å². The van der Waals surface area contributed by atoms with Crippen molar-refractivity contribution < 1.29 is 14.7 Å². The van der Waals surface area contributed by atoms with Crippen LogP contribution in [0.5, 0.6) is 0 Å². The molecule has 0 saturated heterocycles. The Kier molecular flexibility index (Phi) is 3.99. The van der Waals surface area contributed by atoms with Crippen LogP contribution in [-0.2, 0) is 0 Å². The van der Waals surface area contributed by atoms with Gasteiger partial charge in [0.05, 0.1) is 11.3 Å². The number of carboxylic acids is 1. The van der Waals surface area contributed by atoms with Crippen molar-refractivity contribution in [2.24, 2.45) is 0 Å². The van der Waals surface area contributed by atoms with Crippen LogP contribution < -0.4 is 10.6 Å². The van der Waals surface area contributed by atoms with Gasteiger partial charge < -0.3 is 10.4 Å². The highest BCUT2D eigenvalue weighted by Crippen LogP contribution is 2.18. The number of amides is 2. The van der Waals surface area contributed by atoms with Crippen molar-refractivity contribution >= 4 is 34.2 Å². The van der Waals surface area contributed by atoms with E-state index in [1.54, 1.807) is 13.0 Å². The third-order valence-corrected chi connectivity index (χ3v) is 3.45. The number of aromatic carboxylic acids is 1. The molecule has 1 heterocycles. The summed E-state index contributed by atoms with van der Waals surface area (Å²) in [6.07, 6.45) is 0. The standard InChI is InChI=1S/C13H13N3O3S/c1-7-3-4-9(11(17)18)5-10(7)15-12(19)16-13-14-8(2)6-20-13/h3-6H,1-2H3,(H,17,18)(H2,14,15,16,19). The summed E-state index contributed by atoms with van der Waals surface area (Å²) >= 11 is 1.32. The summed E-state index contributed by atoms with van der Waals surface area (Å²) in [5.74, 6) is -1.04. The Labute approximate surface area is 119 Å². The lowest BCUT2D eigenvalue weighted by Gasteiger charge is -2.09. The first-order chi connectivity index (χ1) is 9.45. The fourth-order valence-corrected chi connectivity index (χ4v) is 2.23. The van der Waals surface area contributed by atoms with Crippen molar-refractivity contribution in [3.05, 3.63) is 40.4 Å². The largest absolute Gasteiger partial charge is 0.478 e. The van der Waals surface area contributed by atoms with Crippen LogP contribution in [-0.4, -0.2) is 22.1 Å². The van der Waals surface area contributed by atoms with Gasteiger partial charge in [-0.15, -0.1) is 11.3 Å². The number of benzene rings is 1. The minimum absolute atomic E-state index is 0.121. The van der Waals surface area contributed by atoms with E-state index in [1.165, 1.54) is 23.5 Å². The van der Waals surface area contributed by atoms with Crippen molar-refractivity contribution in [3.63, 3.8) is 0 Å². The number of nitrogens with zero attached hydrogens (tertiary/aromatic N) is 1. The molecule has 2 aromatic rings.